The molecule has 100 valence electrons. The van der Waals surface area contributed by atoms with Crippen molar-refractivity contribution >= 4 is 17.7 Å². The van der Waals surface area contributed by atoms with Gasteiger partial charge in [-0.2, -0.15) is 0 Å². The topological polar surface area (TPSA) is 70.1 Å². The zero-order valence-corrected chi connectivity index (χ0v) is 11.6. The van der Waals surface area contributed by atoms with E-state index in [0.29, 0.717) is 18.1 Å². The Kier molecular flexibility index (Phi) is 3.97. The van der Waals surface area contributed by atoms with Crippen LogP contribution in [0, 0.1) is 0 Å². The van der Waals surface area contributed by atoms with Crippen LogP contribution in [-0.2, 0) is 16.6 Å². The molecule has 2 unspecified atom stereocenters. The van der Waals surface area contributed by atoms with Crippen LogP contribution in [0.5, 0.6) is 0 Å². The van der Waals surface area contributed by atoms with Crippen molar-refractivity contribution in [3.05, 3.63) is 12.4 Å². The quantitative estimate of drug-likeness (QED) is 0.838. The summed E-state index contributed by atoms with van der Waals surface area (Å²) in [4.78, 5) is 16.0. The second-order valence-corrected chi connectivity index (χ2v) is 6.07. The van der Waals surface area contributed by atoms with E-state index in [1.54, 1.807) is 18.0 Å². The molecule has 1 aliphatic rings. The molecule has 0 aliphatic heterocycles. The lowest BCUT2D eigenvalue weighted by molar-refractivity contribution is -0.148. The van der Waals surface area contributed by atoms with E-state index in [9.17, 15) is 4.79 Å². The number of nitrogens with zero attached hydrogens (tertiary/aromatic N) is 2. The maximum Gasteiger partial charge on any atom is 0.325 e. The lowest BCUT2D eigenvalue weighted by atomic mass is 9.82. The molecule has 6 heteroatoms. The van der Waals surface area contributed by atoms with Crippen molar-refractivity contribution in [2.75, 3.05) is 7.11 Å². The summed E-state index contributed by atoms with van der Waals surface area (Å²) in [5.74, 6) is -0.298. The summed E-state index contributed by atoms with van der Waals surface area (Å²) in [6.45, 7) is 0. The number of carbonyl (C=O) groups excluding carboxylic acids is 1. The normalized spacial score (nSPS) is 28.1. The Hall–Kier alpha value is -1.01. The molecule has 1 aromatic rings. The van der Waals surface area contributed by atoms with E-state index in [4.69, 9.17) is 10.5 Å². The standard InChI is InChI=1S/C12H19N3O2S/c1-15-7-6-14-11(15)18-9-4-3-5-12(13,8-9)10(16)17-2/h6-7,9H,3-5,8,13H2,1-2H3. The Balaban J connectivity index is 2.03. The molecule has 1 aromatic heterocycles. The predicted molar refractivity (Wildman–Crippen MR) is 70.3 cm³/mol. The van der Waals surface area contributed by atoms with Crippen molar-refractivity contribution in [3.8, 4) is 0 Å². The number of carbonyl (C=O) groups is 1. The molecule has 5 nitrogen and oxygen atoms in total. The van der Waals surface area contributed by atoms with Gasteiger partial charge in [-0.25, -0.2) is 4.98 Å². The van der Waals surface area contributed by atoms with E-state index < -0.39 is 5.54 Å². The van der Waals surface area contributed by atoms with Gasteiger partial charge in [0.05, 0.1) is 7.11 Å². The van der Waals surface area contributed by atoms with Gasteiger partial charge in [0.15, 0.2) is 5.16 Å². The SMILES string of the molecule is COC(=O)C1(N)CCCC(Sc2nccn2C)C1. The minimum atomic E-state index is -0.824. The van der Waals surface area contributed by atoms with Crippen LogP contribution >= 0.6 is 11.8 Å². The summed E-state index contributed by atoms with van der Waals surface area (Å²) < 4.78 is 6.79. The molecular weight excluding hydrogens is 250 g/mol. The molecule has 1 aliphatic carbocycles. The molecule has 0 spiro atoms. The highest BCUT2D eigenvalue weighted by Crippen LogP contribution is 2.37. The Morgan fingerprint density at radius 2 is 2.50 bits per heavy atom. The maximum atomic E-state index is 11.7. The number of imidazole rings is 1. The van der Waals surface area contributed by atoms with Crippen molar-refractivity contribution in [2.45, 2.75) is 41.6 Å². The zero-order valence-electron chi connectivity index (χ0n) is 10.8. The van der Waals surface area contributed by atoms with Crippen LogP contribution in [0.25, 0.3) is 0 Å². The summed E-state index contributed by atoms with van der Waals surface area (Å²) in [6, 6.07) is 0. The van der Waals surface area contributed by atoms with Gasteiger partial charge < -0.3 is 15.0 Å². The van der Waals surface area contributed by atoms with E-state index in [1.165, 1.54) is 7.11 Å². The first-order chi connectivity index (χ1) is 8.55. The number of nitrogens with two attached hydrogens (primary N) is 1. The van der Waals surface area contributed by atoms with Gasteiger partial charge in [-0.15, -0.1) is 0 Å². The number of ether oxygens (including phenoxy) is 1. The first kappa shape index (κ1) is 13.4. The zero-order chi connectivity index (χ0) is 13.2. The average molecular weight is 269 g/mol. The molecule has 1 heterocycles. The predicted octanol–water partition coefficient (Wildman–Crippen LogP) is 1.33. The van der Waals surface area contributed by atoms with Crippen LogP contribution in [-0.4, -0.2) is 33.4 Å². The number of hydrogen-bond acceptors (Lipinski definition) is 5. The first-order valence-electron chi connectivity index (χ1n) is 6.06. The molecule has 0 amide bonds. The first-order valence-corrected chi connectivity index (χ1v) is 6.94. The summed E-state index contributed by atoms with van der Waals surface area (Å²) in [5, 5.41) is 1.29. The number of hydrogen-bond donors (Lipinski definition) is 1. The highest BCUT2D eigenvalue weighted by molar-refractivity contribution is 7.99. The van der Waals surface area contributed by atoms with Crippen LogP contribution in [0.2, 0.25) is 0 Å². The van der Waals surface area contributed by atoms with Crippen molar-refractivity contribution in [1.29, 1.82) is 0 Å². The Labute approximate surface area is 111 Å². The van der Waals surface area contributed by atoms with Crippen LogP contribution in [0.3, 0.4) is 0 Å². The smallest absolute Gasteiger partial charge is 0.325 e. The van der Waals surface area contributed by atoms with E-state index >= 15 is 0 Å². The minimum Gasteiger partial charge on any atom is -0.468 e. The molecular formula is C12H19N3O2S. The highest BCUT2D eigenvalue weighted by Gasteiger charge is 2.40. The van der Waals surface area contributed by atoms with Gasteiger partial charge in [0.1, 0.15) is 5.54 Å². The Morgan fingerprint density at radius 3 is 3.11 bits per heavy atom. The van der Waals surface area contributed by atoms with Crippen LogP contribution in [0.15, 0.2) is 17.6 Å². The number of esters is 1. The number of thioether (sulfide) groups is 1. The van der Waals surface area contributed by atoms with E-state index in [0.717, 1.165) is 18.0 Å². The van der Waals surface area contributed by atoms with E-state index in [1.807, 2.05) is 17.8 Å². The molecule has 1 saturated carbocycles. The molecule has 2 atom stereocenters. The lowest BCUT2D eigenvalue weighted by Gasteiger charge is -2.34. The van der Waals surface area contributed by atoms with Crippen LogP contribution in [0.4, 0.5) is 0 Å². The highest BCUT2D eigenvalue weighted by atomic mass is 32.2. The van der Waals surface area contributed by atoms with Crippen molar-refractivity contribution < 1.29 is 9.53 Å². The maximum absolute atomic E-state index is 11.7. The third-order valence-electron chi connectivity index (χ3n) is 3.38. The number of methoxy groups -OCH3 is 1. The fourth-order valence-corrected chi connectivity index (χ4v) is 3.67. The van der Waals surface area contributed by atoms with Gasteiger partial charge in [0, 0.05) is 24.7 Å². The number of aryl methyl sites for hydroxylation is 1. The fraction of sp³-hybridized carbons (Fsp3) is 0.667. The largest absolute Gasteiger partial charge is 0.468 e. The second kappa shape index (κ2) is 5.32. The van der Waals surface area contributed by atoms with Crippen molar-refractivity contribution in [1.82, 2.24) is 9.55 Å². The van der Waals surface area contributed by atoms with Crippen molar-refractivity contribution in [2.24, 2.45) is 12.8 Å². The molecule has 0 aromatic carbocycles. The molecule has 0 saturated heterocycles. The van der Waals surface area contributed by atoms with Gasteiger partial charge in [0.25, 0.3) is 0 Å². The van der Waals surface area contributed by atoms with Gasteiger partial charge >= 0.3 is 5.97 Å². The third kappa shape index (κ3) is 2.70. The summed E-state index contributed by atoms with van der Waals surface area (Å²) in [7, 11) is 3.36. The van der Waals surface area contributed by atoms with Crippen LogP contribution in [0.1, 0.15) is 25.7 Å². The Bertz CT molecular complexity index is 435. The summed E-state index contributed by atoms with van der Waals surface area (Å²) in [5.41, 5.74) is 5.33. The molecule has 18 heavy (non-hydrogen) atoms. The third-order valence-corrected chi connectivity index (χ3v) is 4.72. The van der Waals surface area contributed by atoms with E-state index in [-0.39, 0.29) is 5.97 Å². The molecule has 1 fully saturated rings. The average Bonchev–Trinajstić information content (AvgIpc) is 2.74. The second-order valence-electron chi connectivity index (χ2n) is 4.80. The van der Waals surface area contributed by atoms with Crippen molar-refractivity contribution in [3.63, 3.8) is 0 Å². The molecule has 0 radical (unpaired) electrons. The molecule has 2 N–H and O–H groups in total. The van der Waals surface area contributed by atoms with E-state index in [2.05, 4.69) is 4.98 Å². The van der Waals surface area contributed by atoms with Gasteiger partial charge in [-0.05, 0) is 25.7 Å². The van der Waals surface area contributed by atoms with Gasteiger partial charge in [-0.3, -0.25) is 4.79 Å². The van der Waals surface area contributed by atoms with Gasteiger partial charge in [-0.1, -0.05) is 11.8 Å². The Morgan fingerprint density at radius 1 is 1.72 bits per heavy atom. The monoisotopic (exact) mass is 269 g/mol. The number of aromatic nitrogens is 2. The number of rotatable bonds is 3. The van der Waals surface area contributed by atoms with Crippen LogP contribution < -0.4 is 5.73 Å². The minimum absolute atomic E-state index is 0.298. The fourth-order valence-electron chi connectivity index (χ4n) is 2.36. The van der Waals surface area contributed by atoms with Gasteiger partial charge in [0.2, 0.25) is 0 Å². The lowest BCUT2D eigenvalue weighted by Crippen LogP contribution is -2.52. The molecule has 0 bridgehead atoms. The molecule has 2 rings (SSSR count). The summed E-state index contributed by atoms with van der Waals surface area (Å²) >= 11 is 1.69. The summed E-state index contributed by atoms with van der Waals surface area (Å²) in [6.07, 6.45) is 7.07.